The Balaban J connectivity index is 3.20. The highest BCUT2D eigenvalue weighted by Crippen LogP contribution is 2.02. The van der Waals surface area contributed by atoms with E-state index >= 15 is 0 Å². The number of aliphatic hydroxyl groups excluding tert-OH is 1. The average molecular weight is 138 g/mol. The first kappa shape index (κ1) is 8.94. The third kappa shape index (κ3) is 5.08. The molecule has 54 valence electrons. The van der Waals surface area contributed by atoms with E-state index in [1.807, 2.05) is 12.1 Å². The molecule has 0 radical (unpaired) electrons. The Kier molecular flexibility index (Phi) is 5.42. The van der Waals surface area contributed by atoms with E-state index < -0.39 is 6.10 Å². The molecule has 1 N–H and O–H groups in total. The number of hydrogen-bond donors (Lipinski definition) is 1. The van der Waals surface area contributed by atoms with Gasteiger partial charge in [0.2, 0.25) is 0 Å². The van der Waals surface area contributed by atoms with Crippen molar-refractivity contribution >= 4 is 0 Å². The van der Waals surface area contributed by atoms with Crippen molar-refractivity contribution in [3.63, 3.8) is 0 Å². The monoisotopic (exact) mass is 138 g/mol. The standard InChI is InChI=1S/C7H10N2O/c8-5-1-3-7(10)4-2-6-9/h7,10H,1-4H2. The molecule has 0 aliphatic heterocycles. The maximum atomic E-state index is 9.01. The SMILES string of the molecule is N#CCCC(O)CCC#N. The van der Waals surface area contributed by atoms with Gasteiger partial charge in [-0.25, -0.2) is 0 Å². The zero-order valence-electron chi connectivity index (χ0n) is 5.75. The number of hydrogen-bond acceptors (Lipinski definition) is 3. The summed E-state index contributed by atoms with van der Waals surface area (Å²) >= 11 is 0. The van der Waals surface area contributed by atoms with Gasteiger partial charge in [-0.3, -0.25) is 0 Å². The van der Waals surface area contributed by atoms with Gasteiger partial charge in [0, 0.05) is 12.8 Å². The second kappa shape index (κ2) is 6.07. The summed E-state index contributed by atoms with van der Waals surface area (Å²) in [7, 11) is 0. The van der Waals surface area contributed by atoms with E-state index in [1.165, 1.54) is 0 Å². The van der Waals surface area contributed by atoms with Crippen LogP contribution in [0.2, 0.25) is 0 Å². The van der Waals surface area contributed by atoms with E-state index in [1.54, 1.807) is 0 Å². The molecule has 0 bridgehead atoms. The lowest BCUT2D eigenvalue weighted by Gasteiger charge is -2.02. The summed E-state index contributed by atoms with van der Waals surface area (Å²) in [5.41, 5.74) is 0. The highest BCUT2D eigenvalue weighted by Gasteiger charge is 2.01. The second-order valence-electron chi connectivity index (χ2n) is 2.05. The lowest BCUT2D eigenvalue weighted by Crippen LogP contribution is -2.04. The Bertz CT molecular complexity index is 136. The van der Waals surface area contributed by atoms with Crippen LogP contribution in [0.3, 0.4) is 0 Å². The topological polar surface area (TPSA) is 67.8 Å². The van der Waals surface area contributed by atoms with Crippen molar-refractivity contribution < 1.29 is 5.11 Å². The average Bonchev–Trinajstić information content (AvgIpc) is 1.97. The molecule has 0 saturated carbocycles. The highest BCUT2D eigenvalue weighted by molar-refractivity contribution is 4.75. The number of rotatable bonds is 4. The minimum absolute atomic E-state index is 0.368. The van der Waals surface area contributed by atoms with Gasteiger partial charge in [-0.15, -0.1) is 0 Å². The maximum absolute atomic E-state index is 9.01. The number of nitrogens with zero attached hydrogens (tertiary/aromatic N) is 2. The molecular weight excluding hydrogens is 128 g/mol. The fourth-order valence-electron chi connectivity index (χ4n) is 0.607. The molecule has 0 spiro atoms. The Morgan fingerprint density at radius 3 is 1.80 bits per heavy atom. The maximum Gasteiger partial charge on any atom is 0.0622 e. The molecule has 3 heteroatoms. The first-order chi connectivity index (χ1) is 4.81. The molecule has 0 aliphatic rings. The zero-order chi connectivity index (χ0) is 7.82. The summed E-state index contributed by atoms with van der Waals surface area (Å²) in [6.07, 6.45) is 1.23. The third-order valence-corrected chi connectivity index (χ3v) is 1.18. The molecule has 0 aliphatic carbocycles. The summed E-state index contributed by atoms with van der Waals surface area (Å²) in [6.45, 7) is 0. The van der Waals surface area contributed by atoms with Crippen molar-refractivity contribution in [1.82, 2.24) is 0 Å². The molecule has 0 aromatic carbocycles. The van der Waals surface area contributed by atoms with Gasteiger partial charge in [-0.2, -0.15) is 10.5 Å². The van der Waals surface area contributed by atoms with Crippen molar-refractivity contribution in [1.29, 1.82) is 10.5 Å². The molecule has 0 saturated heterocycles. The summed E-state index contributed by atoms with van der Waals surface area (Å²) in [4.78, 5) is 0. The molecule has 0 fully saturated rings. The van der Waals surface area contributed by atoms with Crippen LogP contribution in [0.15, 0.2) is 0 Å². The van der Waals surface area contributed by atoms with Crippen molar-refractivity contribution in [2.75, 3.05) is 0 Å². The van der Waals surface area contributed by atoms with E-state index in [9.17, 15) is 0 Å². The summed E-state index contributed by atoms with van der Waals surface area (Å²) < 4.78 is 0. The van der Waals surface area contributed by atoms with Crippen molar-refractivity contribution in [2.24, 2.45) is 0 Å². The number of nitriles is 2. The molecule has 0 amide bonds. The fraction of sp³-hybridized carbons (Fsp3) is 0.714. The van der Waals surface area contributed by atoms with Gasteiger partial charge < -0.3 is 5.11 Å². The molecule has 0 aromatic heterocycles. The largest absolute Gasteiger partial charge is 0.393 e. The summed E-state index contributed by atoms with van der Waals surface area (Å²) in [5, 5.41) is 25.2. The molecule has 0 unspecified atom stereocenters. The van der Waals surface area contributed by atoms with E-state index in [2.05, 4.69) is 0 Å². The van der Waals surface area contributed by atoms with Crippen LogP contribution in [0.4, 0.5) is 0 Å². The first-order valence-corrected chi connectivity index (χ1v) is 3.23. The fourth-order valence-corrected chi connectivity index (χ4v) is 0.607. The lowest BCUT2D eigenvalue weighted by atomic mass is 10.1. The zero-order valence-corrected chi connectivity index (χ0v) is 5.75. The molecule has 0 rings (SSSR count). The minimum Gasteiger partial charge on any atom is -0.393 e. The van der Waals surface area contributed by atoms with Crippen LogP contribution in [-0.4, -0.2) is 11.2 Å². The smallest absolute Gasteiger partial charge is 0.0622 e. The van der Waals surface area contributed by atoms with Gasteiger partial charge in [0.25, 0.3) is 0 Å². The van der Waals surface area contributed by atoms with Crippen LogP contribution in [0.25, 0.3) is 0 Å². The van der Waals surface area contributed by atoms with E-state index in [4.69, 9.17) is 15.6 Å². The number of aliphatic hydroxyl groups is 1. The Labute approximate surface area is 60.5 Å². The van der Waals surface area contributed by atoms with Crippen molar-refractivity contribution in [3.8, 4) is 12.1 Å². The van der Waals surface area contributed by atoms with Crippen molar-refractivity contribution in [2.45, 2.75) is 31.8 Å². The molecule has 0 heterocycles. The van der Waals surface area contributed by atoms with Gasteiger partial charge in [0.15, 0.2) is 0 Å². The second-order valence-corrected chi connectivity index (χ2v) is 2.05. The lowest BCUT2D eigenvalue weighted by molar-refractivity contribution is 0.158. The summed E-state index contributed by atoms with van der Waals surface area (Å²) in [6, 6.07) is 3.86. The molecular formula is C7H10N2O. The predicted octanol–water partition coefficient (Wildman–Crippen LogP) is 0.955. The Morgan fingerprint density at radius 2 is 1.50 bits per heavy atom. The Hall–Kier alpha value is -1.06. The van der Waals surface area contributed by atoms with Gasteiger partial charge in [0.1, 0.15) is 0 Å². The minimum atomic E-state index is -0.473. The quantitative estimate of drug-likeness (QED) is 0.629. The first-order valence-electron chi connectivity index (χ1n) is 3.23. The normalized spacial score (nSPS) is 8.80. The van der Waals surface area contributed by atoms with Crippen LogP contribution in [-0.2, 0) is 0 Å². The van der Waals surface area contributed by atoms with E-state index in [-0.39, 0.29) is 0 Å². The van der Waals surface area contributed by atoms with Crippen LogP contribution >= 0.6 is 0 Å². The van der Waals surface area contributed by atoms with E-state index in [0.29, 0.717) is 25.7 Å². The van der Waals surface area contributed by atoms with Gasteiger partial charge in [-0.1, -0.05) is 0 Å². The van der Waals surface area contributed by atoms with Gasteiger partial charge in [-0.05, 0) is 12.8 Å². The van der Waals surface area contributed by atoms with Gasteiger partial charge >= 0.3 is 0 Å². The van der Waals surface area contributed by atoms with E-state index in [0.717, 1.165) is 0 Å². The molecule has 0 aromatic rings. The molecule has 10 heavy (non-hydrogen) atoms. The third-order valence-electron chi connectivity index (χ3n) is 1.18. The predicted molar refractivity (Wildman–Crippen MR) is 35.7 cm³/mol. The van der Waals surface area contributed by atoms with Crippen LogP contribution in [0.5, 0.6) is 0 Å². The Morgan fingerprint density at radius 1 is 1.10 bits per heavy atom. The summed E-state index contributed by atoms with van der Waals surface area (Å²) in [5.74, 6) is 0. The van der Waals surface area contributed by atoms with Crippen LogP contribution in [0.1, 0.15) is 25.7 Å². The molecule has 0 atom stereocenters. The highest BCUT2D eigenvalue weighted by atomic mass is 16.3. The van der Waals surface area contributed by atoms with Gasteiger partial charge in [0.05, 0.1) is 18.2 Å². The van der Waals surface area contributed by atoms with Crippen molar-refractivity contribution in [3.05, 3.63) is 0 Å². The van der Waals surface area contributed by atoms with Crippen LogP contribution in [0, 0.1) is 22.7 Å². The van der Waals surface area contributed by atoms with Crippen LogP contribution < -0.4 is 0 Å². The molecule has 3 nitrogen and oxygen atoms in total.